The van der Waals surface area contributed by atoms with Gasteiger partial charge in [-0.25, -0.2) is 4.79 Å². The van der Waals surface area contributed by atoms with Crippen molar-refractivity contribution in [3.05, 3.63) is 46.6 Å². The van der Waals surface area contributed by atoms with E-state index in [9.17, 15) is 4.79 Å². The summed E-state index contributed by atoms with van der Waals surface area (Å²) in [6, 6.07) is 8.90. The third-order valence-corrected chi connectivity index (χ3v) is 2.83. The predicted molar refractivity (Wildman–Crippen MR) is 63.2 cm³/mol. The first-order valence-electron chi connectivity index (χ1n) is 4.64. The number of methoxy groups -OCH3 is 1. The fourth-order valence-corrected chi connectivity index (χ4v) is 1.97. The van der Waals surface area contributed by atoms with E-state index in [0.29, 0.717) is 5.56 Å². The average molecular weight is 281 g/mol. The monoisotopic (exact) mass is 280 g/mol. The number of rotatable bonds is 2. The molecule has 82 valence electrons. The fraction of sp³-hybridized carbons (Fsp3) is 0.0833. The van der Waals surface area contributed by atoms with Crippen LogP contribution in [0.2, 0.25) is 0 Å². The van der Waals surface area contributed by atoms with E-state index in [2.05, 4.69) is 20.7 Å². The Bertz CT molecular complexity index is 503. The molecule has 0 aliphatic heterocycles. The summed E-state index contributed by atoms with van der Waals surface area (Å²) < 4.78 is 10.7. The van der Waals surface area contributed by atoms with Crippen LogP contribution >= 0.6 is 15.9 Å². The number of halogens is 1. The molecule has 1 aromatic heterocycles. The van der Waals surface area contributed by atoms with Crippen molar-refractivity contribution < 1.29 is 13.9 Å². The minimum atomic E-state index is -0.355. The van der Waals surface area contributed by atoms with E-state index >= 15 is 0 Å². The Hall–Kier alpha value is -1.55. The summed E-state index contributed by atoms with van der Waals surface area (Å²) in [5, 5.41) is 0. The number of carbonyl (C=O) groups is 1. The van der Waals surface area contributed by atoms with Gasteiger partial charge in [-0.3, -0.25) is 0 Å². The first-order valence-corrected chi connectivity index (χ1v) is 5.43. The molecule has 0 saturated carbocycles. The van der Waals surface area contributed by atoms with Gasteiger partial charge in [0.25, 0.3) is 0 Å². The highest BCUT2D eigenvalue weighted by molar-refractivity contribution is 9.10. The summed E-state index contributed by atoms with van der Waals surface area (Å²) in [7, 11) is 1.36. The van der Waals surface area contributed by atoms with Gasteiger partial charge >= 0.3 is 5.97 Å². The van der Waals surface area contributed by atoms with Gasteiger partial charge in [0.2, 0.25) is 0 Å². The molecule has 3 nitrogen and oxygen atoms in total. The van der Waals surface area contributed by atoms with E-state index in [-0.39, 0.29) is 5.97 Å². The number of benzene rings is 1. The molecule has 0 atom stereocenters. The van der Waals surface area contributed by atoms with Crippen LogP contribution in [0.3, 0.4) is 0 Å². The third kappa shape index (κ3) is 2.02. The normalized spacial score (nSPS) is 10.1. The first-order chi connectivity index (χ1) is 7.72. The van der Waals surface area contributed by atoms with Gasteiger partial charge in [0.05, 0.1) is 18.9 Å². The van der Waals surface area contributed by atoms with Crippen LogP contribution in [-0.2, 0) is 4.74 Å². The molecular weight excluding hydrogens is 272 g/mol. The molecule has 2 rings (SSSR count). The number of carbonyl (C=O) groups excluding carboxylic acids is 1. The number of hydrogen-bond donors (Lipinski definition) is 0. The van der Waals surface area contributed by atoms with E-state index in [1.807, 2.05) is 18.2 Å². The van der Waals surface area contributed by atoms with Gasteiger partial charge < -0.3 is 9.15 Å². The lowest BCUT2D eigenvalue weighted by molar-refractivity contribution is 0.0600. The Kier molecular flexibility index (Phi) is 3.10. The molecular formula is C12H9BrO3. The molecule has 16 heavy (non-hydrogen) atoms. The van der Waals surface area contributed by atoms with Crippen molar-refractivity contribution in [1.29, 1.82) is 0 Å². The molecule has 0 bridgehead atoms. The molecule has 1 heterocycles. The minimum absolute atomic E-state index is 0.355. The maximum absolute atomic E-state index is 11.3. The molecule has 4 heteroatoms. The van der Waals surface area contributed by atoms with Crippen LogP contribution in [0.4, 0.5) is 0 Å². The molecule has 0 saturated heterocycles. The van der Waals surface area contributed by atoms with Crippen LogP contribution in [0.15, 0.2) is 45.5 Å². The van der Waals surface area contributed by atoms with Gasteiger partial charge in [0.15, 0.2) is 0 Å². The van der Waals surface area contributed by atoms with Gasteiger partial charge in [0, 0.05) is 10.0 Å². The molecule has 1 aromatic carbocycles. The van der Waals surface area contributed by atoms with Crippen molar-refractivity contribution in [3.8, 4) is 11.3 Å². The van der Waals surface area contributed by atoms with Gasteiger partial charge in [-0.05, 0) is 30.3 Å². The second kappa shape index (κ2) is 4.53. The Morgan fingerprint density at radius 2 is 2.19 bits per heavy atom. The summed E-state index contributed by atoms with van der Waals surface area (Å²) in [6.45, 7) is 0. The molecule has 0 N–H and O–H groups in total. The van der Waals surface area contributed by atoms with Gasteiger partial charge in [0.1, 0.15) is 5.76 Å². The molecule has 0 amide bonds. The van der Waals surface area contributed by atoms with Crippen LogP contribution in [0.25, 0.3) is 11.3 Å². The highest BCUT2D eigenvalue weighted by Gasteiger charge is 2.10. The summed E-state index contributed by atoms with van der Waals surface area (Å²) in [5.41, 5.74) is 1.40. The summed E-state index contributed by atoms with van der Waals surface area (Å²) >= 11 is 3.40. The fourth-order valence-electron chi connectivity index (χ4n) is 1.39. The molecule has 0 aliphatic rings. The van der Waals surface area contributed by atoms with Gasteiger partial charge in [-0.1, -0.05) is 15.9 Å². The highest BCUT2D eigenvalue weighted by Crippen LogP contribution is 2.29. The maximum Gasteiger partial charge on any atom is 0.337 e. The van der Waals surface area contributed by atoms with Crippen LogP contribution in [-0.4, -0.2) is 13.1 Å². The van der Waals surface area contributed by atoms with Crippen molar-refractivity contribution in [1.82, 2.24) is 0 Å². The molecule has 0 radical (unpaired) electrons. The summed E-state index contributed by atoms with van der Waals surface area (Å²) in [5.74, 6) is 0.398. The third-order valence-electron chi connectivity index (χ3n) is 2.18. The van der Waals surface area contributed by atoms with Crippen molar-refractivity contribution in [2.45, 2.75) is 0 Å². The summed E-state index contributed by atoms with van der Waals surface area (Å²) in [6.07, 6.45) is 1.61. The summed E-state index contributed by atoms with van der Waals surface area (Å²) in [4.78, 5) is 11.3. The topological polar surface area (TPSA) is 39.4 Å². The quantitative estimate of drug-likeness (QED) is 0.791. The molecule has 2 aromatic rings. The number of esters is 1. The largest absolute Gasteiger partial charge is 0.465 e. The van der Waals surface area contributed by atoms with Gasteiger partial charge in [-0.15, -0.1) is 0 Å². The Labute approximate surface area is 101 Å². The number of ether oxygens (including phenoxy) is 1. The van der Waals surface area contributed by atoms with Crippen LogP contribution in [0.1, 0.15) is 10.4 Å². The highest BCUT2D eigenvalue weighted by atomic mass is 79.9. The van der Waals surface area contributed by atoms with Crippen molar-refractivity contribution in [2.24, 2.45) is 0 Å². The lowest BCUT2D eigenvalue weighted by Crippen LogP contribution is -2.00. The zero-order valence-corrected chi connectivity index (χ0v) is 10.2. The SMILES string of the molecule is COC(=O)c1ccc(-c2ccco2)c(Br)c1. The molecule has 0 spiro atoms. The Morgan fingerprint density at radius 1 is 1.38 bits per heavy atom. The lowest BCUT2D eigenvalue weighted by atomic mass is 10.1. The average Bonchev–Trinajstić information content (AvgIpc) is 2.81. The van der Waals surface area contributed by atoms with E-state index in [4.69, 9.17) is 4.42 Å². The smallest absolute Gasteiger partial charge is 0.337 e. The van der Waals surface area contributed by atoms with E-state index in [0.717, 1.165) is 15.8 Å². The van der Waals surface area contributed by atoms with Crippen LogP contribution in [0.5, 0.6) is 0 Å². The zero-order chi connectivity index (χ0) is 11.5. The van der Waals surface area contributed by atoms with Crippen LogP contribution in [0, 0.1) is 0 Å². The standard InChI is InChI=1S/C12H9BrO3/c1-15-12(14)8-4-5-9(10(13)7-8)11-3-2-6-16-11/h2-7H,1H3. The van der Waals surface area contributed by atoms with Crippen molar-refractivity contribution in [2.75, 3.05) is 7.11 Å². The van der Waals surface area contributed by atoms with Crippen molar-refractivity contribution >= 4 is 21.9 Å². The van der Waals surface area contributed by atoms with Crippen LogP contribution < -0.4 is 0 Å². The molecule has 0 fully saturated rings. The maximum atomic E-state index is 11.3. The van der Waals surface area contributed by atoms with E-state index in [1.54, 1.807) is 18.4 Å². The first kappa shape index (κ1) is 11.0. The number of furan rings is 1. The van der Waals surface area contributed by atoms with E-state index in [1.165, 1.54) is 7.11 Å². The van der Waals surface area contributed by atoms with Gasteiger partial charge in [-0.2, -0.15) is 0 Å². The minimum Gasteiger partial charge on any atom is -0.465 e. The predicted octanol–water partition coefficient (Wildman–Crippen LogP) is 3.50. The second-order valence-corrected chi connectivity index (χ2v) is 4.02. The zero-order valence-electron chi connectivity index (χ0n) is 8.57. The lowest BCUT2D eigenvalue weighted by Gasteiger charge is -2.03. The second-order valence-electron chi connectivity index (χ2n) is 3.16. The van der Waals surface area contributed by atoms with E-state index < -0.39 is 0 Å². The Balaban J connectivity index is 2.41. The molecule has 0 aliphatic carbocycles. The Morgan fingerprint density at radius 3 is 2.75 bits per heavy atom. The van der Waals surface area contributed by atoms with Crippen molar-refractivity contribution in [3.63, 3.8) is 0 Å². The molecule has 0 unspecified atom stereocenters. The number of hydrogen-bond acceptors (Lipinski definition) is 3.